The van der Waals surface area contributed by atoms with Gasteiger partial charge in [0.25, 0.3) is 0 Å². The predicted octanol–water partition coefficient (Wildman–Crippen LogP) is 1.50. The molecule has 0 bridgehead atoms. The van der Waals surface area contributed by atoms with Gasteiger partial charge in [0.2, 0.25) is 10.0 Å². The Morgan fingerprint density at radius 3 is 2.55 bits per heavy atom. The number of benzene rings is 1. The summed E-state index contributed by atoms with van der Waals surface area (Å²) in [6.45, 7) is -0.456. The molecular formula is C12H17F3N2O4S. The van der Waals surface area contributed by atoms with E-state index in [2.05, 4.69) is 14.8 Å². The van der Waals surface area contributed by atoms with E-state index < -0.39 is 21.8 Å². The summed E-state index contributed by atoms with van der Waals surface area (Å²) in [7, 11) is -2.47. The zero-order chi connectivity index (χ0) is 16.8. The Morgan fingerprint density at radius 2 is 2.00 bits per heavy atom. The van der Waals surface area contributed by atoms with Gasteiger partial charge < -0.3 is 15.2 Å². The van der Waals surface area contributed by atoms with Gasteiger partial charge in [-0.2, -0.15) is 13.2 Å². The van der Waals surface area contributed by atoms with Crippen molar-refractivity contribution >= 4 is 21.4 Å². The lowest BCUT2D eigenvalue weighted by Gasteiger charge is -2.16. The fourth-order valence-corrected chi connectivity index (χ4v) is 2.58. The molecule has 1 aromatic rings. The molecule has 0 spiro atoms. The molecule has 126 valence electrons. The number of hydrogen-bond donors (Lipinski definition) is 3. The molecule has 0 amide bonds. The summed E-state index contributed by atoms with van der Waals surface area (Å²) in [5.41, 5.74) is -1.45. The van der Waals surface area contributed by atoms with Crippen LogP contribution in [0.15, 0.2) is 18.2 Å². The van der Waals surface area contributed by atoms with Gasteiger partial charge in [-0.3, -0.25) is 4.72 Å². The van der Waals surface area contributed by atoms with Crippen LogP contribution in [-0.4, -0.2) is 46.1 Å². The van der Waals surface area contributed by atoms with E-state index >= 15 is 0 Å². The number of hydrogen-bond acceptors (Lipinski definition) is 5. The summed E-state index contributed by atoms with van der Waals surface area (Å²) in [5, 5.41) is 11.1. The molecule has 0 aliphatic heterocycles. The van der Waals surface area contributed by atoms with E-state index in [1.807, 2.05) is 0 Å². The largest absolute Gasteiger partial charge is 0.418 e. The quantitative estimate of drug-likeness (QED) is 0.666. The molecule has 0 aliphatic rings. The Balaban J connectivity index is 3.04. The third-order valence-corrected chi connectivity index (χ3v) is 3.83. The molecule has 0 atom stereocenters. The van der Waals surface area contributed by atoms with E-state index in [0.29, 0.717) is 6.07 Å². The lowest BCUT2D eigenvalue weighted by atomic mass is 10.1. The average molecular weight is 342 g/mol. The van der Waals surface area contributed by atoms with E-state index in [1.165, 1.54) is 13.2 Å². The van der Waals surface area contributed by atoms with Crippen LogP contribution in [0.2, 0.25) is 0 Å². The second kappa shape index (κ2) is 7.65. The number of aliphatic hydroxyl groups excluding tert-OH is 1. The predicted molar refractivity (Wildman–Crippen MR) is 76.3 cm³/mol. The summed E-state index contributed by atoms with van der Waals surface area (Å²) in [6.07, 6.45) is -4.66. The first kappa shape index (κ1) is 18.5. The number of alkyl halides is 3. The monoisotopic (exact) mass is 342 g/mol. The molecule has 0 saturated heterocycles. The van der Waals surface area contributed by atoms with E-state index in [-0.39, 0.29) is 36.9 Å². The van der Waals surface area contributed by atoms with Crippen LogP contribution in [0.3, 0.4) is 0 Å². The van der Waals surface area contributed by atoms with E-state index in [0.717, 1.165) is 6.07 Å². The van der Waals surface area contributed by atoms with Gasteiger partial charge in [-0.05, 0) is 18.2 Å². The minimum absolute atomic E-state index is 0.0536. The third kappa shape index (κ3) is 5.70. The van der Waals surface area contributed by atoms with Gasteiger partial charge in [0.05, 0.1) is 24.5 Å². The molecule has 3 N–H and O–H groups in total. The molecule has 0 aromatic heterocycles. The molecule has 0 saturated carbocycles. The van der Waals surface area contributed by atoms with Crippen molar-refractivity contribution in [3.05, 3.63) is 23.8 Å². The second-order valence-electron chi connectivity index (χ2n) is 4.32. The van der Waals surface area contributed by atoms with Crippen LogP contribution in [-0.2, 0) is 20.9 Å². The molecule has 0 unspecified atom stereocenters. The van der Waals surface area contributed by atoms with Crippen LogP contribution < -0.4 is 10.0 Å². The fourth-order valence-electron chi connectivity index (χ4n) is 1.61. The zero-order valence-electron chi connectivity index (χ0n) is 11.8. The molecular weight excluding hydrogens is 325 g/mol. The summed E-state index contributed by atoms with van der Waals surface area (Å²) >= 11 is 0. The Labute approximate surface area is 126 Å². The van der Waals surface area contributed by atoms with Crippen molar-refractivity contribution in [2.75, 3.05) is 42.7 Å². The number of ether oxygens (including phenoxy) is 1. The molecule has 0 fully saturated rings. The minimum atomic E-state index is -4.66. The number of nitrogens with one attached hydrogen (secondary N) is 2. The number of methoxy groups -OCH3 is 1. The first-order valence-electron chi connectivity index (χ1n) is 6.25. The van der Waals surface area contributed by atoms with Gasteiger partial charge >= 0.3 is 6.18 Å². The third-order valence-electron chi connectivity index (χ3n) is 2.58. The molecule has 0 heterocycles. The van der Waals surface area contributed by atoms with Crippen LogP contribution in [0.25, 0.3) is 0 Å². The summed E-state index contributed by atoms with van der Waals surface area (Å²) in [4.78, 5) is 0. The van der Waals surface area contributed by atoms with Crippen molar-refractivity contribution in [1.82, 2.24) is 0 Å². The summed E-state index contributed by atoms with van der Waals surface area (Å²) in [6, 6.07) is 3.01. The van der Waals surface area contributed by atoms with Crippen molar-refractivity contribution in [2.45, 2.75) is 6.18 Å². The number of anilines is 2. The van der Waals surface area contributed by atoms with Gasteiger partial charge in [-0.25, -0.2) is 8.42 Å². The molecule has 0 aliphatic carbocycles. The standard InChI is InChI=1S/C12H17F3N2O4S/c1-21-6-7-22(19,20)17-9-2-3-11(16-4-5-18)10(8-9)12(13,14)15/h2-3,8,16-18H,4-7H2,1H3. The highest BCUT2D eigenvalue weighted by atomic mass is 32.2. The highest BCUT2D eigenvalue weighted by molar-refractivity contribution is 7.92. The van der Waals surface area contributed by atoms with E-state index in [1.54, 1.807) is 0 Å². The van der Waals surface area contributed by atoms with Crippen molar-refractivity contribution in [3.63, 3.8) is 0 Å². The topological polar surface area (TPSA) is 87.7 Å². The molecule has 1 aromatic carbocycles. The maximum atomic E-state index is 13.0. The first-order valence-corrected chi connectivity index (χ1v) is 7.90. The molecule has 10 heteroatoms. The van der Waals surface area contributed by atoms with Crippen molar-refractivity contribution in [1.29, 1.82) is 0 Å². The smallest absolute Gasteiger partial charge is 0.395 e. The Kier molecular flexibility index (Phi) is 6.45. The van der Waals surface area contributed by atoms with Gasteiger partial charge in [0.1, 0.15) is 0 Å². The number of halogens is 3. The first-order chi connectivity index (χ1) is 10.2. The van der Waals surface area contributed by atoms with Crippen molar-refractivity contribution < 1.29 is 31.4 Å². The van der Waals surface area contributed by atoms with Crippen LogP contribution in [0.5, 0.6) is 0 Å². The van der Waals surface area contributed by atoms with Crippen LogP contribution in [0.1, 0.15) is 5.56 Å². The number of sulfonamides is 1. The summed E-state index contributed by atoms with van der Waals surface area (Å²) < 4.78 is 69.0. The van der Waals surface area contributed by atoms with E-state index in [4.69, 9.17) is 5.11 Å². The maximum absolute atomic E-state index is 13.0. The van der Waals surface area contributed by atoms with Crippen LogP contribution in [0, 0.1) is 0 Å². The number of aliphatic hydroxyl groups is 1. The lowest BCUT2D eigenvalue weighted by Crippen LogP contribution is -2.20. The molecule has 22 heavy (non-hydrogen) atoms. The van der Waals surface area contributed by atoms with E-state index in [9.17, 15) is 21.6 Å². The van der Waals surface area contributed by atoms with Crippen LogP contribution >= 0.6 is 0 Å². The normalized spacial score (nSPS) is 12.2. The highest BCUT2D eigenvalue weighted by Crippen LogP contribution is 2.36. The zero-order valence-corrected chi connectivity index (χ0v) is 12.6. The van der Waals surface area contributed by atoms with Crippen molar-refractivity contribution in [2.24, 2.45) is 0 Å². The second-order valence-corrected chi connectivity index (χ2v) is 6.16. The van der Waals surface area contributed by atoms with Gasteiger partial charge in [-0.15, -0.1) is 0 Å². The lowest BCUT2D eigenvalue weighted by molar-refractivity contribution is -0.136. The Bertz CT molecular complexity index is 591. The molecule has 0 radical (unpaired) electrons. The minimum Gasteiger partial charge on any atom is -0.395 e. The Hall–Kier alpha value is -1.52. The Morgan fingerprint density at radius 1 is 1.32 bits per heavy atom. The maximum Gasteiger partial charge on any atom is 0.418 e. The van der Waals surface area contributed by atoms with Crippen molar-refractivity contribution in [3.8, 4) is 0 Å². The van der Waals surface area contributed by atoms with Crippen LogP contribution in [0.4, 0.5) is 24.5 Å². The highest BCUT2D eigenvalue weighted by Gasteiger charge is 2.34. The molecule has 6 nitrogen and oxygen atoms in total. The van der Waals surface area contributed by atoms with Gasteiger partial charge in [0, 0.05) is 25.0 Å². The average Bonchev–Trinajstić information content (AvgIpc) is 2.42. The number of rotatable bonds is 8. The molecule has 1 rings (SSSR count). The SMILES string of the molecule is COCCS(=O)(=O)Nc1ccc(NCCO)c(C(F)(F)F)c1. The van der Waals surface area contributed by atoms with Gasteiger partial charge in [-0.1, -0.05) is 0 Å². The fraction of sp³-hybridized carbons (Fsp3) is 0.500. The van der Waals surface area contributed by atoms with Gasteiger partial charge in [0.15, 0.2) is 0 Å². The summed E-state index contributed by atoms with van der Waals surface area (Å²) in [5.74, 6) is -0.366.